The van der Waals surface area contributed by atoms with Crippen molar-refractivity contribution in [3.8, 4) is 0 Å². The van der Waals surface area contributed by atoms with Crippen molar-refractivity contribution >= 4 is 21.6 Å². The maximum atomic E-state index is 12.3. The van der Waals surface area contributed by atoms with Gasteiger partial charge < -0.3 is 9.88 Å². The fourth-order valence-corrected chi connectivity index (χ4v) is 3.19. The van der Waals surface area contributed by atoms with Crippen LogP contribution in [0.4, 0.5) is 5.69 Å². The lowest BCUT2D eigenvalue weighted by molar-refractivity contribution is 0.101. The average molecular weight is 321 g/mol. The molecule has 1 N–H and O–H groups in total. The lowest BCUT2D eigenvalue weighted by Gasteiger charge is -2.15. The summed E-state index contributed by atoms with van der Waals surface area (Å²) in [5.41, 5.74) is 1.57. The molecule has 0 bridgehead atoms. The summed E-state index contributed by atoms with van der Waals surface area (Å²) in [5, 5.41) is 2.72. The summed E-state index contributed by atoms with van der Waals surface area (Å²) in [6, 6.07) is 8.31. The van der Waals surface area contributed by atoms with E-state index in [4.69, 9.17) is 0 Å². The average Bonchev–Trinajstić information content (AvgIpc) is 2.86. The van der Waals surface area contributed by atoms with E-state index in [0.29, 0.717) is 16.9 Å². The predicted octanol–water partition coefficient (Wildman–Crippen LogP) is 1.84. The predicted molar refractivity (Wildman–Crippen MR) is 85.4 cm³/mol. The second-order valence-corrected chi connectivity index (χ2v) is 7.35. The van der Waals surface area contributed by atoms with Gasteiger partial charge in [-0.1, -0.05) is 6.07 Å². The van der Waals surface area contributed by atoms with Crippen LogP contribution in [0.5, 0.6) is 0 Å². The van der Waals surface area contributed by atoms with E-state index in [1.165, 1.54) is 20.2 Å². The van der Waals surface area contributed by atoms with E-state index in [9.17, 15) is 13.2 Å². The van der Waals surface area contributed by atoms with E-state index in [-0.39, 0.29) is 10.8 Å². The van der Waals surface area contributed by atoms with Crippen LogP contribution in [0, 0.1) is 6.92 Å². The largest absolute Gasteiger partial charge is 0.347 e. The molecule has 0 fully saturated rings. The molecule has 6 nitrogen and oxygen atoms in total. The molecule has 0 saturated carbocycles. The van der Waals surface area contributed by atoms with Gasteiger partial charge in [0.15, 0.2) is 0 Å². The summed E-state index contributed by atoms with van der Waals surface area (Å²) < 4.78 is 27.4. The highest BCUT2D eigenvalue weighted by molar-refractivity contribution is 7.89. The number of rotatable bonds is 4. The van der Waals surface area contributed by atoms with Crippen LogP contribution in [-0.2, 0) is 17.1 Å². The molecule has 7 heteroatoms. The van der Waals surface area contributed by atoms with Gasteiger partial charge in [-0.05, 0) is 36.8 Å². The standard InChI is InChI=1S/C15H19N3O3S/c1-11-7-8-12(10-14(11)22(20,21)17(2)3)16-15(19)13-6-5-9-18(13)4/h5-10H,1-4H3,(H,16,19). The Labute approximate surface area is 130 Å². The minimum Gasteiger partial charge on any atom is -0.347 e. The van der Waals surface area contributed by atoms with Crippen LogP contribution in [-0.4, -0.2) is 37.3 Å². The Morgan fingerprint density at radius 2 is 1.91 bits per heavy atom. The Kier molecular flexibility index (Phi) is 4.39. The maximum absolute atomic E-state index is 12.3. The number of nitrogens with one attached hydrogen (secondary N) is 1. The number of aromatic nitrogens is 1. The van der Waals surface area contributed by atoms with Crippen molar-refractivity contribution in [1.82, 2.24) is 8.87 Å². The molecule has 0 atom stereocenters. The van der Waals surface area contributed by atoms with Gasteiger partial charge in [-0.25, -0.2) is 12.7 Å². The second-order valence-electron chi connectivity index (χ2n) is 5.23. The van der Waals surface area contributed by atoms with Crippen molar-refractivity contribution in [2.75, 3.05) is 19.4 Å². The minimum absolute atomic E-state index is 0.183. The van der Waals surface area contributed by atoms with Gasteiger partial charge in [-0.15, -0.1) is 0 Å². The zero-order valence-electron chi connectivity index (χ0n) is 13.0. The lowest BCUT2D eigenvalue weighted by Crippen LogP contribution is -2.23. The number of carbonyl (C=O) groups excluding carboxylic acids is 1. The molecule has 0 aliphatic carbocycles. The molecule has 1 aromatic heterocycles. The first-order valence-corrected chi connectivity index (χ1v) is 8.13. The monoisotopic (exact) mass is 321 g/mol. The molecule has 22 heavy (non-hydrogen) atoms. The highest BCUT2D eigenvalue weighted by atomic mass is 32.2. The van der Waals surface area contributed by atoms with E-state index < -0.39 is 10.0 Å². The topological polar surface area (TPSA) is 71.4 Å². The van der Waals surface area contributed by atoms with Gasteiger partial charge in [0.05, 0.1) is 4.90 Å². The third-order valence-corrected chi connectivity index (χ3v) is 5.34. The van der Waals surface area contributed by atoms with Crippen molar-refractivity contribution < 1.29 is 13.2 Å². The highest BCUT2D eigenvalue weighted by Gasteiger charge is 2.20. The highest BCUT2D eigenvalue weighted by Crippen LogP contribution is 2.22. The van der Waals surface area contributed by atoms with Gasteiger partial charge in [0.2, 0.25) is 10.0 Å². The van der Waals surface area contributed by atoms with E-state index >= 15 is 0 Å². The van der Waals surface area contributed by atoms with Gasteiger partial charge in [-0.3, -0.25) is 4.79 Å². The molecule has 0 saturated heterocycles. The van der Waals surface area contributed by atoms with Gasteiger partial charge in [-0.2, -0.15) is 0 Å². The van der Waals surface area contributed by atoms with Crippen LogP contribution in [0.1, 0.15) is 16.1 Å². The SMILES string of the molecule is Cc1ccc(NC(=O)c2cccn2C)cc1S(=O)(=O)N(C)C. The Morgan fingerprint density at radius 1 is 1.23 bits per heavy atom. The summed E-state index contributed by atoms with van der Waals surface area (Å²) in [7, 11) is 1.17. The van der Waals surface area contributed by atoms with Gasteiger partial charge >= 0.3 is 0 Å². The number of amides is 1. The van der Waals surface area contributed by atoms with E-state index in [2.05, 4.69) is 5.32 Å². The van der Waals surface area contributed by atoms with E-state index in [0.717, 1.165) is 4.31 Å². The summed E-state index contributed by atoms with van der Waals surface area (Å²) in [5.74, 6) is -0.287. The van der Waals surface area contributed by atoms with Crippen LogP contribution in [0.3, 0.4) is 0 Å². The fourth-order valence-electron chi connectivity index (χ4n) is 2.04. The Bertz CT molecular complexity index is 807. The van der Waals surface area contributed by atoms with Gasteiger partial charge in [0.25, 0.3) is 5.91 Å². The number of hydrogen-bond acceptors (Lipinski definition) is 3. The lowest BCUT2D eigenvalue weighted by atomic mass is 10.2. The zero-order chi connectivity index (χ0) is 16.5. The van der Waals surface area contributed by atoms with E-state index in [1.54, 1.807) is 49.0 Å². The summed E-state index contributed by atoms with van der Waals surface area (Å²) in [6.45, 7) is 1.72. The number of hydrogen-bond donors (Lipinski definition) is 1. The molecule has 0 radical (unpaired) electrons. The number of nitrogens with zero attached hydrogens (tertiary/aromatic N) is 2. The molecule has 0 aliphatic heterocycles. The quantitative estimate of drug-likeness (QED) is 0.934. The minimum atomic E-state index is -3.55. The normalized spacial score (nSPS) is 11.7. The van der Waals surface area contributed by atoms with Crippen molar-refractivity contribution in [1.29, 1.82) is 0 Å². The van der Waals surface area contributed by atoms with Crippen LogP contribution < -0.4 is 5.32 Å². The zero-order valence-corrected chi connectivity index (χ0v) is 13.8. The smallest absolute Gasteiger partial charge is 0.272 e. The maximum Gasteiger partial charge on any atom is 0.272 e. The molecule has 0 aliphatic rings. The molecule has 118 valence electrons. The summed E-state index contributed by atoms with van der Waals surface area (Å²) in [6.07, 6.45) is 1.77. The number of carbonyl (C=O) groups is 1. The molecule has 2 aromatic rings. The summed E-state index contributed by atoms with van der Waals surface area (Å²) >= 11 is 0. The number of sulfonamides is 1. The molecule has 1 heterocycles. The van der Waals surface area contributed by atoms with Gasteiger partial charge in [0, 0.05) is 33.0 Å². The molecular formula is C15H19N3O3S. The van der Waals surface area contributed by atoms with Crippen molar-refractivity contribution in [2.24, 2.45) is 7.05 Å². The van der Waals surface area contributed by atoms with Crippen LogP contribution in [0.15, 0.2) is 41.4 Å². The van der Waals surface area contributed by atoms with Crippen molar-refractivity contribution in [3.05, 3.63) is 47.8 Å². The van der Waals surface area contributed by atoms with Crippen LogP contribution in [0.2, 0.25) is 0 Å². The molecular weight excluding hydrogens is 302 g/mol. The van der Waals surface area contributed by atoms with Crippen LogP contribution >= 0.6 is 0 Å². The third-order valence-electron chi connectivity index (χ3n) is 3.38. The Morgan fingerprint density at radius 3 is 2.45 bits per heavy atom. The van der Waals surface area contributed by atoms with E-state index in [1.807, 2.05) is 0 Å². The first-order valence-electron chi connectivity index (χ1n) is 6.69. The molecule has 2 rings (SSSR count). The van der Waals surface area contributed by atoms with Crippen LogP contribution in [0.25, 0.3) is 0 Å². The fraction of sp³-hybridized carbons (Fsp3) is 0.267. The molecule has 0 unspecified atom stereocenters. The number of benzene rings is 1. The number of aryl methyl sites for hydroxylation is 2. The molecule has 1 amide bonds. The van der Waals surface area contributed by atoms with Crippen molar-refractivity contribution in [2.45, 2.75) is 11.8 Å². The third kappa shape index (κ3) is 3.05. The number of anilines is 1. The Balaban J connectivity index is 2.35. The van der Waals surface area contributed by atoms with Gasteiger partial charge in [0.1, 0.15) is 5.69 Å². The molecule has 0 spiro atoms. The summed E-state index contributed by atoms with van der Waals surface area (Å²) in [4.78, 5) is 12.4. The second kappa shape index (κ2) is 5.94. The first kappa shape index (κ1) is 16.3. The first-order chi connectivity index (χ1) is 10.2. The molecule has 1 aromatic carbocycles. The Hall–Kier alpha value is -2.12. The van der Waals surface area contributed by atoms with Crippen molar-refractivity contribution in [3.63, 3.8) is 0 Å².